The van der Waals surface area contributed by atoms with E-state index in [4.69, 9.17) is 5.73 Å². The lowest BCUT2D eigenvalue weighted by Crippen LogP contribution is -2.38. The van der Waals surface area contributed by atoms with Crippen molar-refractivity contribution in [1.29, 1.82) is 0 Å². The maximum atomic E-state index is 12.2. The van der Waals surface area contributed by atoms with Crippen molar-refractivity contribution in [3.8, 4) is 11.8 Å². The fourth-order valence-corrected chi connectivity index (χ4v) is 1.66. The summed E-state index contributed by atoms with van der Waals surface area (Å²) in [4.78, 5) is 25.4. The van der Waals surface area contributed by atoms with Gasteiger partial charge in [-0.3, -0.25) is 9.59 Å². The Labute approximate surface area is 125 Å². The molecule has 0 saturated carbocycles. The van der Waals surface area contributed by atoms with Crippen molar-refractivity contribution in [2.75, 3.05) is 26.7 Å². The molecule has 0 atom stereocenters. The summed E-state index contributed by atoms with van der Waals surface area (Å²) in [5.74, 6) is 5.24. The molecule has 21 heavy (non-hydrogen) atoms. The number of nitrogens with two attached hydrogens (primary N) is 1. The monoisotopic (exact) mass is 287 g/mol. The van der Waals surface area contributed by atoms with E-state index in [0.717, 1.165) is 11.1 Å². The molecule has 0 unspecified atom stereocenters. The Morgan fingerprint density at radius 1 is 1.38 bits per heavy atom. The molecule has 0 bridgehead atoms. The van der Waals surface area contributed by atoms with Gasteiger partial charge in [0.2, 0.25) is 5.91 Å². The summed E-state index contributed by atoms with van der Waals surface area (Å²) in [5.41, 5.74) is 7.42. The lowest BCUT2D eigenvalue weighted by atomic mass is 10.0. The van der Waals surface area contributed by atoms with Crippen molar-refractivity contribution in [2.24, 2.45) is 5.73 Å². The summed E-state index contributed by atoms with van der Waals surface area (Å²) in [5, 5.41) is 2.64. The zero-order chi connectivity index (χ0) is 15.8. The van der Waals surface area contributed by atoms with Gasteiger partial charge in [0.1, 0.15) is 0 Å². The topological polar surface area (TPSA) is 75.4 Å². The van der Waals surface area contributed by atoms with Crippen LogP contribution in [0.2, 0.25) is 0 Å². The minimum atomic E-state index is -0.276. The van der Waals surface area contributed by atoms with E-state index in [1.165, 1.54) is 0 Å². The van der Waals surface area contributed by atoms with E-state index in [1.807, 2.05) is 26.0 Å². The van der Waals surface area contributed by atoms with E-state index in [0.29, 0.717) is 12.1 Å². The molecule has 1 aromatic carbocycles. The summed E-state index contributed by atoms with van der Waals surface area (Å²) in [6, 6.07) is 5.38. The third kappa shape index (κ3) is 4.93. The smallest absolute Gasteiger partial charge is 0.252 e. The highest BCUT2D eigenvalue weighted by molar-refractivity contribution is 5.98. The van der Waals surface area contributed by atoms with Crippen molar-refractivity contribution in [3.05, 3.63) is 34.9 Å². The first-order valence-electron chi connectivity index (χ1n) is 6.81. The zero-order valence-electron chi connectivity index (χ0n) is 12.7. The molecule has 0 heterocycles. The van der Waals surface area contributed by atoms with E-state index in [2.05, 4.69) is 17.2 Å². The molecule has 5 nitrogen and oxygen atoms in total. The molecule has 0 aliphatic heterocycles. The highest BCUT2D eigenvalue weighted by atomic mass is 16.2. The molecule has 0 aliphatic carbocycles. The van der Waals surface area contributed by atoms with E-state index in [9.17, 15) is 9.59 Å². The molecule has 0 fully saturated rings. The van der Waals surface area contributed by atoms with E-state index in [1.54, 1.807) is 18.0 Å². The number of carbonyl (C=O) groups is 2. The number of rotatable bonds is 4. The van der Waals surface area contributed by atoms with Crippen molar-refractivity contribution in [1.82, 2.24) is 10.2 Å². The van der Waals surface area contributed by atoms with Crippen molar-refractivity contribution < 1.29 is 9.59 Å². The number of hydrogen-bond acceptors (Lipinski definition) is 3. The van der Waals surface area contributed by atoms with E-state index < -0.39 is 0 Å². The normalized spacial score (nSPS) is 9.52. The van der Waals surface area contributed by atoms with Crippen LogP contribution in [0.4, 0.5) is 0 Å². The number of hydrogen-bond donors (Lipinski definition) is 2. The van der Waals surface area contributed by atoms with Crippen LogP contribution in [0.3, 0.4) is 0 Å². The quantitative estimate of drug-likeness (QED) is 0.792. The summed E-state index contributed by atoms with van der Waals surface area (Å²) in [6.07, 6.45) is 0. The van der Waals surface area contributed by atoms with Crippen LogP contribution in [0.5, 0.6) is 0 Å². The van der Waals surface area contributed by atoms with Gasteiger partial charge in [-0.05, 0) is 31.5 Å². The summed E-state index contributed by atoms with van der Waals surface area (Å²) in [7, 11) is 1.70. The molecular weight excluding hydrogens is 266 g/mol. The number of nitrogens with zero attached hydrogens (tertiary/aromatic N) is 1. The Morgan fingerprint density at radius 2 is 2.10 bits per heavy atom. The molecule has 3 N–H and O–H groups in total. The van der Waals surface area contributed by atoms with Crippen molar-refractivity contribution in [3.63, 3.8) is 0 Å². The van der Waals surface area contributed by atoms with E-state index >= 15 is 0 Å². The van der Waals surface area contributed by atoms with Gasteiger partial charge in [-0.25, -0.2) is 0 Å². The van der Waals surface area contributed by atoms with Crippen LogP contribution in [-0.4, -0.2) is 43.4 Å². The molecule has 1 aromatic rings. The van der Waals surface area contributed by atoms with Gasteiger partial charge in [-0.2, -0.15) is 0 Å². The molecule has 0 saturated heterocycles. The highest BCUT2D eigenvalue weighted by Gasteiger charge is 2.12. The van der Waals surface area contributed by atoms with Gasteiger partial charge in [-0.1, -0.05) is 17.9 Å². The Bertz CT molecular complexity index is 585. The zero-order valence-corrected chi connectivity index (χ0v) is 12.7. The van der Waals surface area contributed by atoms with Gasteiger partial charge in [0.05, 0.1) is 13.1 Å². The van der Waals surface area contributed by atoms with Gasteiger partial charge in [0.15, 0.2) is 0 Å². The van der Waals surface area contributed by atoms with Crippen LogP contribution in [0.25, 0.3) is 0 Å². The van der Waals surface area contributed by atoms with Crippen LogP contribution < -0.4 is 11.1 Å². The van der Waals surface area contributed by atoms with Crippen LogP contribution >= 0.6 is 0 Å². The summed E-state index contributed by atoms with van der Waals surface area (Å²) < 4.78 is 0. The third-order valence-electron chi connectivity index (χ3n) is 3.12. The molecule has 0 aromatic heterocycles. The molecular formula is C16H21N3O2. The highest BCUT2D eigenvalue weighted by Crippen LogP contribution is 2.10. The fourth-order valence-electron chi connectivity index (χ4n) is 1.66. The third-order valence-corrected chi connectivity index (χ3v) is 3.12. The Morgan fingerprint density at radius 3 is 2.71 bits per heavy atom. The molecule has 0 aliphatic rings. The number of benzene rings is 1. The lowest BCUT2D eigenvalue weighted by Gasteiger charge is -2.15. The number of nitrogens with one attached hydrogen (secondary N) is 1. The Hall–Kier alpha value is -2.32. The maximum Gasteiger partial charge on any atom is 0.252 e. The lowest BCUT2D eigenvalue weighted by molar-refractivity contribution is -0.128. The first-order valence-corrected chi connectivity index (χ1v) is 6.81. The van der Waals surface area contributed by atoms with Crippen LogP contribution in [0.15, 0.2) is 18.2 Å². The summed E-state index contributed by atoms with van der Waals surface area (Å²) in [6.45, 7) is 4.59. The molecule has 5 heteroatoms. The number of carbonyl (C=O) groups excluding carboxylic acids is 2. The predicted molar refractivity (Wildman–Crippen MR) is 82.8 cm³/mol. The standard InChI is InChI=1S/C16H21N3O2/c1-4-19(3)15(20)11-18-16(21)14-10-13(6-5-9-17)8-7-12(14)2/h7-8,10H,4,9,11,17H2,1-3H3,(H,18,21). The van der Waals surface area contributed by atoms with Gasteiger partial charge in [0.25, 0.3) is 5.91 Å². The molecule has 1 rings (SSSR count). The first kappa shape index (κ1) is 16.7. The van der Waals surface area contributed by atoms with Gasteiger partial charge >= 0.3 is 0 Å². The van der Waals surface area contributed by atoms with E-state index in [-0.39, 0.29) is 24.9 Å². The fraction of sp³-hybridized carbons (Fsp3) is 0.375. The second kappa shape index (κ2) is 8.08. The second-order valence-electron chi connectivity index (χ2n) is 4.63. The minimum Gasteiger partial charge on any atom is -0.345 e. The van der Waals surface area contributed by atoms with Crippen molar-refractivity contribution in [2.45, 2.75) is 13.8 Å². The first-order chi connectivity index (χ1) is 9.99. The van der Waals surface area contributed by atoms with Crippen molar-refractivity contribution >= 4 is 11.8 Å². The molecule has 2 amide bonds. The van der Waals surface area contributed by atoms with Gasteiger partial charge in [-0.15, -0.1) is 0 Å². The predicted octanol–water partition coefficient (Wildman–Crippen LogP) is 0.513. The summed E-state index contributed by atoms with van der Waals surface area (Å²) >= 11 is 0. The molecule has 0 radical (unpaired) electrons. The Balaban J connectivity index is 2.80. The van der Waals surface area contributed by atoms with Crippen LogP contribution in [0, 0.1) is 18.8 Å². The Kier molecular flexibility index (Phi) is 6.44. The second-order valence-corrected chi connectivity index (χ2v) is 4.63. The SMILES string of the molecule is CCN(C)C(=O)CNC(=O)c1cc(C#CCN)ccc1C. The number of amides is 2. The van der Waals surface area contributed by atoms with Gasteiger partial charge < -0.3 is 16.0 Å². The number of likely N-dealkylation sites (N-methyl/N-ethyl adjacent to an activating group) is 1. The van der Waals surface area contributed by atoms with Crippen LogP contribution in [0.1, 0.15) is 28.4 Å². The number of aryl methyl sites for hydroxylation is 1. The average Bonchev–Trinajstić information content (AvgIpc) is 2.50. The minimum absolute atomic E-state index is 0.0126. The van der Waals surface area contributed by atoms with Crippen LogP contribution in [-0.2, 0) is 4.79 Å². The average molecular weight is 287 g/mol. The molecule has 112 valence electrons. The maximum absolute atomic E-state index is 12.2. The van der Waals surface area contributed by atoms with Gasteiger partial charge in [0, 0.05) is 24.7 Å². The molecule has 0 spiro atoms. The largest absolute Gasteiger partial charge is 0.345 e.